The Morgan fingerprint density at radius 3 is 2.80 bits per heavy atom. The number of anilines is 1. The Hall–Kier alpha value is -2.56. The van der Waals surface area contributed by atoms with Crippen molar-refractivity contribution in [2.75, 3.05) is 24.6 Å². The van der Waals surface area contributed by atoms with Crippen molar-refractivity contribution in [3.05, 3.63) is 59.9 Å². The second-order valence-electron chi connectivity index (χ2n) is 6.20. The average molecular weight is 342 g/mol. The van der Waals surface area contributed by atoms with Crippen LogP contribution in [0, 0.1) is 5.82 Å². The van der Waals surface area contributed by atoms with Gasteiger partial charge in [0.15, 0.2) is 0 Å². The van der Waals surface area contributed by atoms with Crippen LogP contribution in [0.1, 0.15) is 30.1 Å². The van der Waals surface area contributed by atoms with Gasteiger partial charge in [-0.15, -0.1) is 0 Å². The molecule has 0 saturated carbocycles. The first-order valence-electron chi connectivity index (χ1n) is 8.70. The summed E-state index contributed by atoms with van der Waals surface area (Å²) in [5, 5.41) is 3.09. The van der Waals surface area contributed by atoms with Crippen molar-refractivity contribution in [3.8, 4) is 5.75 Å². The number of piperidine rings is 1. The number of hydrogen-bond acceptors (Lipinski definition) is 3. The van der Waals surface area contributed by atoms with E-state index in [4.69, 9.17) is 4.74 Å². The standard InChI is InChI=1S/C20H23FN2O2/c1-2-25-19-10-8-15(9-11-19)20(24)22-17-6-4-12-23(14-17)18-7-3-5-16(21)13-18/h3,5,7-11,13,17H,2,4,6,12,14H2,1H3,(H,22,24). The van der Waals surface area contributed by atoms with Crippen LogP contribution in [-0.2, 0) is 0 Å². The highest BCUT2D eigenvalue weighted by Crippen LogP contribution is 2.21. The molecule has 0 aliphatic carbocycles. The monoisotopic (exact) mass is 342 g/mol. The Morgan fingerprint density at radius 1 is 1.28 bits per heavy atom. The van der Waals surface area contributed by atoms with Gasteiger partial charge in [-0.05, 0) is 62.2 Å². The molecule has 3 rings (SSSR count). The van der Waals surface area contributed by atoms with Crippen LogP contribution in [0.5, 0.6) is 5.75 Å². The zero-order chi connectivity index (χ0) is 17.6. The van der Waals surface area contributed by atoms with Crippen molar-refractivity contribution < 1.29 is 13.9 Å². The van der Waals surface area contributed by atoms with E-state index in [0.717, 1.165) is 30.8 Å². The fourth-order valence-electron chi connectivity index (χ4n) is 3.14. The lowest BCUT2D eigenvalue weighted by Gasteiger charge is -2.34. The molecule has 0 aromatic heterocycles. The van der Waals surface area contributed by atoms with Crippen LogP contribution >= 0.6 is 0 Å². The molecule has 132 valence electrons. The first-order chi connectivity index (χ1) is 12.2. The molecule has 1 N–H and O–H groups in total. The van der Waals surface area contributed by atoms with Gasteiger partial charge in [0.25, 0.3) is 5.91 Å². The van der Waals surface area contributed by atoms with Crippen molar-refractivity contribution in [2.45, 2.75) is 25.8 Å². The van der Waals surface area contributed by atoms with Crippen molar-refractivity contribution in [2.24, 2.45) is 0 Å². The highest BCUT2D eigenvalue weighted by Gasteiger charge is 2.22. The van der Waals surface area contributed by atoms with E-state index in [1.54, 1.807) is 30.3 Å². The number of ether oxygens (including phenoxy) is 1. The van der Waals surface area contributed by atoms with E-state index in [9.17, 15) is 9.18 Å². The Kier molecular flexibility index (Phi) is 5.53. The summed E-state index contributed by atoms with van der Waals surface area (Å²) in [6.45, 7) is 4.09. The van der Waals surface area contributed by atoms with Crippen LogP contribution < -0.4 is 15.0 Å². The molecule has 1 unspecified atom stereocenters. The van der Waals surface area contributed by atoms with Crippen LogP contribution in [0.3, 0.4) is 0 Å². The van der Waals surface area contributed by atoms with E-state index in [1.807, 2.05) is 13.0 Å². The van der Waals surface area contributed by atoms with Crippen LogP contribution in [0.25, 0.3) is 0 Å². The van der Waals surface area contributed by atoms with Crippen LogP contribution in [0.4, 0.5) is 10.1 Å². The summed E-state index contributed by atoms with van der Waals surface area (Å²) in [4.78, 5) is 14.6. The number of amides is 1. The Labute approximate surface area is 147 Å². The molecule has 0 radical (unpaired) electrons. The smallest absolute Gasteiger partial charge is 0.251 e. The van der Waals surface area contributed by atoms with Crippen LogP contribution in [-0.4, -0.2) is 31.6 Å². The van der Waals surface area contributed by atoms with Gasteiger partial charge in [0.05, 0.1) is 6.61 Å². The lowest BCUT2D eigenvalue weighted by atomic mass is 10.0. The zero-order valence-corrected chi connectivity index (χ0v) is 14.4. The van der Waals surface area contributed by atoms with Crippen molar-refractivity contribution in [1.29, 1.82) is 0 Å². The molecule has 1 aliphatic heterocycles. The second kappa shape index (κ2) is 8.01. The summed E-state index contributed by atoms with van der Waals surface area (Å²) in [5.41, 5.74) is 1.48. The highest BCUT2D eigenvalue weighted by atomic mass is 19.1. The molecule has 0 bridgehead atoms. The lowest BCUT2D eigenvalue weighted by molar-refractivity contribution is 0.0933. The molecule has 2 aromatic rings. The molecular formula is C20H23FN2O2. The van der Waals surface area contributed by atoms with Gasteiger partial charge < -0.3 is 15.0 Å². The number of nitrogens with zero attached hydrogens (tertiary/aromatic N) is 1. The normalized spacial score (nSPS) is 17.2. The maximum Gasteiger partial charge on any atom is 0.251 e. The summed E-state index contributed by atoms with van der Waals surface area (Å²) < 4.78 is 18.8. The summed E-state index contributed by atoms with van der Waals surface area (Å²) >= 11 is 0. The van der Waals surface area contributed by atoms with Gasteiger partial charge in [0, 0.05) is 30.4 Å². The van der Waals surface area contributed by atoms with E-state index in [1.165, 1.54) is 12.1 Å². The number of carbonyl (C=O) groups is 1. The van der Waals surface area contributed by atoms with E-state index in [2.05, 4.69) is 10.2 Å². The van der Waals surface area contributed by atoms with Crippen LogP contribution in [0.2, 0.25) is 0 Å². The van der Waals surface area contributed by atoms with Gasteiger partial charge in [0.2, 0.25) is 0 Å². The molecule has 1 amide bonds. The molecule has 25 heavy (non-hydrogen) atoms. The molecule has 1 saturated heterocycles. The zero-order valence-electron chi connectivity index (χ0n) is 14.4. The SMILES string of the molecule is CCOc1ccc(C(=O)NC2CCCN(c3cccc(F)c3)C2)cc1. The number of carbonyl (C=O) groups excluding carboxylic acids is 1. The largest absolute Gasteiger partial charge is 0.494 e. The minimum absolute atomic E-state index is 0.0519. The Balaban J connectivity index is 1.61. The number of rotatable bonds is 5. The van der Waals surface area contributed by atoms with E-state index in [0.29, 0.717) is 18.7 Å². The summed E-state index contributed by atoms with van der Waals surface area (Å²) in [7, 11) is 0. The Morgan fingerprint density at radius 2 is 2.08 bits per heavy atom. The van der Waals surface area contributed by atoms with Crippen molar-refractivity contribution >= 4 is 11.6 Å². The van der Waals surface area contributed by atoms with Crippen molar-refractivity contribution in [1.82, 2.24) is 5.32 Å². The Bertz CT molecular complexity index is 718. The molecular weight excluding hydrogens is 319 g/mol. The summed E-state index contributed by atoms with van der Waals surface area (Å²) in [6, 6.07) is 13.8. The first kappa shape index (κ1) is 17.3. The van der Waals surface area contributed by atoms with Gasteiger partial charge in [-0.2, -0.15) is 0 Å². The fourth-order valence-corrected chi connectivity index (χ4v) is 3.14. The molecule has 1 aliphatic rings. The molecule has 0 spiro atoms. The van der Waals surface area contributed by atoms with E-state index >= 15 is 0 Å². The summed E-state index contributed by atoms with van der Waals surface area (Å²) in [6.07, 6.45) is 1.89. The van der Waals surface area contributed by atoms with Crippen molar-refractivity contribution in [3.63, 3.8) is 0 Å². The maximum absolute atomic E-state index is 13.4. The van der Waals surface area contributed by atoms with Gasteiger partial charge in [-0.1, -0.05) is 6.07 Å². The molecule has 5 heteroatoms. The molecule has 2 aromatic carbocycles. The van der Waals surface area contributed by atoms with Gasteiger partial charge >= 0.3 is 0 Å². The number of nitrogens with one attached hydrogen (secondary N) is 1. The fraction of sp³-hybridized carbons (Fsp3) is 0.350. The minimum atomic E-state index is -0.238. The topological polar surface area (TPSA) is 41.6 Å². The maximum atomic E-state index is 13.4. The van der Waals surface area contributed by atoms with E-state index < -0.39 is 0 Å². The highest BCUT2D eigenvalue weighted by molar-refractivity contribution is 5.94. The molecule has 1 fully saturated rings. The average Bonchev–Trinajstić information content (AvgIpc) is 2.63. The number of halogens is 1. The predicted molar refractivity (Wildman–Crippen MR) is 96.7 cm³/mol. The lowest BCUT2D eigenvalue weighted by Crippen LogP contribution is -2.47. The molecule has 1 heterocycles. The van der Waals surface area contributed by atoms with Gasteiger partial charge in [0.1, 0.15) is 11.6 Å². The number of benzene rings is 2. The molecule has 4 nitrogen and oxygen atoms in total. The molecule has 1 atom stereocenters. The summed E-state index contributed by atoms with van der Waals surface area (Å²) in [5.74, 6) is 0.432. The third-order valence-electron chi connectivity index (χ3n) is 4.36. The second-order valence-corrected chi connectivity index (χ2v) is 6.20. The first-order valence-corrected chi connectivity index (χ1v) is 8.70. The van der Waals surface area contributed by atoms with Gasteiger partial charge in [-0.3, -0.25) is 4.79 Å². The third kappa shape index (κ3) is 4.50. The predicted octanol–water partition coefficient (Wildman–Crippen LogP) is 3.62. The minimum Gasteiger partial charge on any atom is -0.494 e. The quantitative estimate of drug-likeness (QED) is 0.902. The van der Waals surface area contributed by atoms with Crippen LogP contribution in [0.15, 0.2) is 48.5 Å². The van der Waals surface area contributed by atoms with Gasteiger partial charge in [-0.25, -0.2) is 4.39 Å². The van der Waals surface area contributed by atoms with E-state index in [-0.39, 0.29) is 17.8 Å². The third-order valence-corrected chi connectivity index (χ3v) is 4.36. The number of hydrogen-bond donors (Lipinski definition) is 1.